The van der Waals surface area contributed by atoms with E-state index in [0.29, 0.717) is 22.3 Å². The van der Waals surface area contributed by atoms with Crippen LogP contribution in [0.3, 0.4) is 0 Å². The molecule has 0 atom stereocenters. The van der Waals surface area contributed by atoms with Gasteiger partial charge in [0.15, 0.2) is 17.3 Å². The molecule has 2 heterocycles. The molecule has 0 bridgehead atoms. The van der Waals surface area contributed by atoms with E-state index in [1.807, 2.05) is 0 Å². The molecule has 8 heteroatoms. The number of nitrogens with one attached hydrogen (secondary N) is 2. The van der Waals surface area contributed by atoms with E-state index in [1.54, 1.807) is 37.3 Å². The van der Waals surface area contributed by atoms with Crippen molar-refractivity contribution < 1.29 is 9.13 Å². The Labute approximate surface area is 168 Å². The molecule has 0 saturated carbocycles. The minimum absolute atomic E-state index is 0.0899. The van der Waals surface area contributed by atoms with Gasteiger partial charge in [-0.2, -0.15) is 5.10 Å². The summed E-state index contributed by atoms with van der Waals surface area (Å²) in [6.45, 7) is 1.65. The van der Waals surface area contributed by atoms with Gasteiger partial charge in [0.2, 0.25) is 5.56 Å². The lowest BCUT2D eigenvalue weighted by Gasteiger charge is -2.13. The average Bonchev–Trinajstić information content (AvgIpc) is 2.70. The lowest BCUT2D eigenvalue weighted by molar-refractivity contribution is 0.442. The fourth-order valence-electron chi connectivity index (χ4n) is 2.99. The summed E-state index contributed by atoms with van der Waals surface area (Å²) in [6.07, 6.45) is 0.142. The number of halogens is 2. The molecule has 2 N–H and O–H groups in total. The van der Waals surface area contributed by atoms with Crippen molar-refractivity contribution in [3.8, 4) is 11.5 Å². The molecular formula is C21H15ClFN3O3. The number of nitrogens with zero attached hydrogens (tertiary/aromatic N) is 1. The molecule has 0 radical (unpaired) electrons. The highest BCUT2D eigenvalue weighted by atomic mass is 35.5. The van der Waals surface area contributed by atoms with Crippen LogP contribution in [0.4, 0.5) is 4.39 Å². The predicted octanol–water partition coefficient (Wildman–Crippen LogP) is 4.10. The van der Waals surface area contributed by atoms with E-state index < -0.39 is 5.82 Å². The van der Waals surface area contributed by atoms with E-state index in [4.69, 9.17) is 16.3 Å². The lowest BCUT2D eigenvalue weighted by Crippen LogP contribution is -2.13. The highest BCUT2D eigenvalue weighted by Gasteiger charge is 2.17. The van der Waals surface area contributed by atoms with Crippen molar-refractivity contribution in [3.63, 3.8) is 0 Å². The molecule has 0 fully saturated rings. The Morgan fingerprint density at radius 2 is 1.97 bits per heavy atom. The number of aromatic amines is 2. The van der Waals surface area contributed by atoms with Gasteiger partial charge in [0.25, 0.3) is 5.56 Å². The SMILES string of the molecule is Cc1cc(Cc2ccc(Cl)c(Oc3cccc4ccc(=O)[nH]c34)c2F)n[nH]c1=O. The largest absolute Gasteiger partial charge is 0.450 e. The first-order chi connectivity index (χ1) is 13.9. The van der Waals surface area contributed by atoms with Crippen molar-refractivity contribution in [2.45, 2.75) is 13.3 Å². The minimum Gasteiger partial charge on any atom is -0.450 e. The Morgan fingerprint density at radius 3 is 2.76 bits per heavy atom. The number of pyridine rings is 1. The second-order valence-electron chi connectivity index (χ2n) is 6.54. The number of rotatable bonds is 4. The zero-order valence-electron chi connectivity index (χ0n) is 15.3. The van der Waals surface area contributed by atoms with Crippen LogP contribution in [0.5, 0.6) is 11.5 Å². The normalized spacial score (nSPS) is 11.0. The molecule has 4 aromatic rings. The van der Waals surface area contributed by atoms with Crippen LogP contribution in [0, 0.1) is 12.7 Å². The molecule has 0 saturated heterocycles. The van der Waals surface area contributed by atoms with E-state index in [9.17, 15) is 9.59 Å². The van der Waals surface area contributed by atoms with E-state index >= 15 is 4.39 Å². The highest BCUT2D eigenvalue weighted by Crippen LogP contribution is 2.36. The van der Waals surface area contributed by atoms with Crippen molar-refractivity contribution in [1.82, 2.24) is 15.2 Å². The standard InChI is InChI=1S/C21H15ClFN3O3/c1-11-9-14(25-26-21(11)28)10-13-5-7-15(22)20(18(13)23)29-16-4-2-3-12-6-8-17(27)24-19(12)16/h2-9H,10H2,1H3,(H,24,27)(H,26,28). The third kappa shape index (κ3) is 3.77. The maximum absolute atomic E-state index is 15.2. The van der Waals surface area contributed by atoms with Crippen molar-refractivity contribution in [2.24, 2.45) is 0 Å². The van der Waals surface area contributed by atoms with E-state index in [-0.39, 0.29) is 34.1 Å². The van der Waals surface area contributed by atoms with E-state index in [0.717, 1.165) is 5.39 Å². The molecule has 2 aromatic carbocycles. The fourth-order valence-corrected chi connectivity index (χ4v) is 3.18. The second kappa shape index (κ2) is 7.52. The smallest absolute Gasteiger partial charge is 0.267 e. The van der Waals surface area contributed by atoms with Gasteiger partial charge < -0.3 is 9.72 Å². The maximum Gasteiger partial charge on any atom is 0.267 e. The van der Waals surface area contributed by atoms with Gasteiger partial charge in [-0.1, -0.05) is 29.8 Å². The molecule has 0 aliphatic heterocycles. The van der Waals surface area contributed by atoms with Crippen molar-refractivity contribution in [1.29, 1.82) is 0 Å². The molecule has 0 aliphatic rings. The summed E-state index contributed by atoms with van der Waals surface area (Å²) in [4.78, 5) is 25.8. The fraction of sp³-hybridized carbons (Fsp3) is 0.0952. The lowest BCUT2D eigenvalue weighted by atomic mass is 10.1. The highest BCUT2D eigenvalue weighted by molar-refractivity contribution is 6.32. The number of benzene rings is 2. The van der Waals surface area contributed by atoms with Gasteiger partial charge in [0.1, 0.15) is 0 Å². The zero-order chi connectivity index (χ0) is 20.5. The van der Waals surface area contributed by atoms with Crippen LogP contribution in [0.25, 0.3) is 10.9 Å². The third-order valence-electron chi connectivity index (χ3n) is 4.48. The van der Waals surface area contributed by atoms with Gasteiger partial charge in [-0.25, -0.2) is 9.49 Å². The first-order valence-corrected chi connectivity index (χ1v) is 9.12. The molecular weight excluding hydrogens is 397 g/mol. The van der Waals surface area contributed by atoms with Gasteiger partial charge in [0, 0.05) is 23.4 Å². The summed E-state index contributed by atoms with van der Waals surface area (Å²) >= 11 is 6.18. The predicted molar refractivity (Wildman–Crippen MR) is 108 cm³/mol. The Morgan fingerprint density at radius 1 is 1.14 bits per heavy atom. The maximum atomic E-state index is 15.2. The summed E-state index contributed by atoms with van der Waals surface area (Å²) in [7, 11) is 0. The molecule has 2 aromatic heterocycles. The molecule has 0 amide bonds. The minimum atomic E-state index is -0.640. The van der Waals surface area contributed by atoms with Crippen molar-refractivity contribution in [2.75, 3.05) is 0 Å². The second-order valence-corrected chi connectivity index (χ2v) is 6.95. The van der Waals surface area contributed by atoms with Gasteiger partial charge in [-0.15, -0.1) is 0 Å². The van der Waals surface area contributed by atoms with E-state index in [2.05, 4.69) is 15.2 Å². The quantitative estimate of drug-likeness (QED) is 0.529. The molecule has 0 aliphatic carbocycles. The monoisotopic (exact) mass is 411 g/mol. The molecule has 29 heavy (non-hydrogen) atoms. The van der Waals surface area contributed by atoms with Crippen LogP contribution < -0.4 is 15.9 Å². The Bertz CT molecular complexity index is 1350. The molecule has 0 spiro atoms. The average molecular weight is 412 g/mol. The molecule has 6 nitrogen and oxygen atoms in total. The number of fused-ring (bicyclic) bond motifs is 1. The number of hydrogen-bond donors (Lipinski definition) is 2. The summed E-state index contributed by atoms with van der Waals surface area (Å²) in [6, 6.07) is 12.9. The Balaban J connectivity index is 1.74. The van der Waals surface area contributed by atoms with Crippen LogP contribution in [-0.4, -0.2) is 15.2 Å². The third-order valence-corrected chi connectivity index (χ3v) is 4.77. The van der Waals surface area contributed by atoms with Crippen LogP contribution >= 0.6 is 11.6 Å². The number of hydrogen-bond acceptors (Lipinski definition) is 4. The van der Waals surface area contributed by atoms with Gasteiger partial charge in [0.05, 0.1) is 16.2 Å². The summed E-state index contributed by atoms with van der Waals surface area (Å²) in [5, 5.41) is 7.15. The number of aromatic nitrogens is 3. The number of H-pyrrole nitrogens is 2. The Kier molecular flexibility index (Phi) is 4.90. The molecule has 0 unspecified atom stereocenters. The van der Waals surface area contributed by atoms with Crippen LogP contribution in [0.1, 0.15) is 16.8 Å². The summed E-state index contributed by atoms with van der Waals surface area (Å²) in [5.74, 6) is -0.517. The van der Waals surface area contributed by atoms with Crippen molar-refractivity contribution >= 4 is 22.5 Å². The first-order valence-electron chi connectivity index (χ1n) is 8.74. The molecule has 4 rings (SSSR count). The van der Waals surface area contributed by atoms with Crippen LogP contribution in [-0.2, 0) is 6.42 Å². The summed E-state index contributed by atoms with van der Waals surface area (Å²) in [5.41, 5.74) is 1.15. The van der Waals surface area contributed by atoms with Gasteiger partial charge >= 0.3 is 0 Å². The summed E-state index contributed by atoms with van der Waals surface area (Å²) < 4.78 is 21.0. The van der Waals surface area contributed by atoms with Gasteiger partial charge in [-0.05, 0) is 36.8 Å². The first kappa shape index (κ1) is 18.9. The topological polar surface area (TPSA) is 87.8 Å². The number of aryl methyl sites for hydroxylation is 1. The van der Waals surface area contributed by atoms with Crippen LogP contribution in [0.2, 0.25) is 5.02 Å². The number of ether oxygens (including phenoxy) is 1. The van der Waals surface area contributed by atoms with Crippen LogP contribution in [0.15, 0.2) is 58.1 Å². The van der Waals surface area contributed by atoms with Crippen molar-refractivity contribution in [3.05, 3.63) is 96.9 Å². The number of para-hydroxylation sites is 1. The zero-order valence-corrected chi connectivity index (χ0v) is 16.0. The van der Waals surface area contributed by atoms with E-state index in [1.165, 1.54) is 18.2 Å². The molecule has 146 valence electrons. The van der Waals surface area contributed by atoms with Gasteiger partial charge in [-0.3, -0.25) is 9.59 Å². The Hall–Kier alpha value is -3.45.